The first-order valence-electron chi connectivity index (χ1n) is 8.88. The molecule has 24 heavy (non-hydrogen) atoms. The minimum atomic E-state index is -0.708. The van der Waals surface area contributed by atoms with E-state index in [0.717, 1.165) is 32.4 Å². The Hall–Kier alpha value is -1.88. The van der Waals surface area contributed by atoms with E-state index >= 15 is 0 Å². The van der Waals surface area contributed by atoms with Crippen LogP contribution in [-0.2, 0) is 22.6 Å². The molecule has 1 aromatic rings. The molecule has 1 aliphatic carbocycles. The predicted molar refractivity (Wildman–Crippen MR) is 91.5 cm³/mol. The monoisotopic (exact) mass is 330 g/mol. The van der Waals surface area contributed by atoms with Gasteiger partial charge in [0.1, 0.15) is 0 Å². The van der Waals surface area contributed by atoms with Crippen molar-refractivity contribution < 1.29 is 14.7 Å². The third-order valence-corrected chi connectivity index (χ3v) is 5.51. The minimum Gasteiger partial charge on any atom is -0.481 e. The summed E-state index contributed by atoms with van der Waals surface area (Å²) in [7, 11) is 0. The van der Waals surface area contributed by atoms with Crippen LogP contribution in [0.2, 0.25) is 0 Å². The standard InChI is InChI=1S/C19H26N2O3/c1-13(21-11-10-14-4-2-3-5-16(14)12-21)18(22)20-17-8-6-15(7-9-17)19(23)24/h2-5,13,15,17H,6-12H2,1H3,(H,20,22)(H,23,24). The molecule has 1 amide bonds. The van der Waals surface area contributed by atoms with E-state index in [2.05, 4.69) is 28.4 Å². The van der Waals surface area contributed by atoms with Crippen LogP contribution in [0.3, 0.4) is 0 Å². The normalized spacial score (nSPS) is 25.5. The molecule has 0 saturated heterocycles. The second kappa shape index (κ2) is 7.34. The van der Waals surface area contributed by atoms with Crippen molar-refractivity contribution in [2.75, 3.05) is 6.54 Å². The Morgan fingerprint density at radius 3 is 2.50 bits per heavy atom. The van der Waals surface area contributed by atoms with Crippen molar-refractivity contribution in [1.29, 1.82) is 0 Å². The Morgan fingerprint density at radius 1 is 1.17 bits per heavy atom. The first kappa shape index (κ1) is 17.0. The zero-order valence-electron chi connectivity index (χ0n) is 14.2. The zero-order chi connectivity index (χ0) is 17.1. The van der Waals surface area contributed by atoms with Crippen molar-refractivity contribution in [3.63, 3.8) is 0 Å². The summed E-state index contributed by atoms with van der Waals surface area (Å²) in [6.07, 6.45) is 3.82. The van der Waals surface area contributed by atoms with Crippen molar-refractivity contribution in [2.24, 2.45) is 5.92 Å². The number of aliphatic carboxylic acids is 1. The Labute approximate surface area is 143 Å². The lowest BCUT2D eigenvalue weighted by Gasteiger charge is -2.34. The van der Waals surface area contributed by atoms with Gasteiger partial charge in [0.15, 0.2) is 0 Å². The molecule has 1 unspecified atom stereocenters. The van der Waals surface area contributed by atoms with Gasteiger partial charge in [-0.1, -0.05) is 24.3 Å². The summed E-state index contributed by atoms with van der Waals surface area (Å²) in [6, 6.07) is 8.38. The maximum atomic E-state index is 12.6. The molecule has 0 radical (unpaired) electrons. The Balaban J connectivity index is 1.52. The van der Waals surface area contributed by atoms with E-state index in [1.807, 2.05) is 13.0 Å². The Morgan fingerprint density at radius 2 is 1.83 bits per heavy atom. The summed E-state index contributed by atoms with van der Waals surface area (Å²) in [5, 5.41) is 12.2. The number of carboxylic acids is 1. The first-order valence-corrected chi connectivity index (χ1v) is 8.88. The van der Waals surface area contributed by atoms with E-state index in [1.54, 1.807) is 0 Å². The lowest BCUT2D eigenvalue weighted by Crippen LogP contribution is -2.50. The van der Waals surface area contributed by atoms with Gasteiger partial charge in [-0.2, -0.15) is 0 Å². The largest absolute Gasteiger partial charge is 0.481 e. The third kappa shape index (κ3) is 3.78. The highest BCUT2D eigenvalue weighted by Crippen LogP contribution is 2.25. The Kier molecular flexibility index (Phi) is 5.19. The molecule has 2 aliphatic rings. The van der Waals surface area contributed by atoms with Crippen LogP contribution < -0.4 is 5.32 Å². The molecule has 1 heterocycles. The molecule has 3 rings (SSSR count). The highest BCUT2D eigenvalue weighted by Gasteiger charge is 2.30. The predicted octanol–water partition coefficient (Wildman–Crippen LogP) is 2.19. The average molecular weight is 330 g/mol. The summed E-state index contributed by atoms with van der Waals surface area (Å²) in [5.74, 6) is -0.887. The third-order valence-electron chi connectivity index (χ3n) is 5.51. The number of carbonyl (C=O) groups is 2. The lowest BCUT2D eigenvalue weighted by molar-refractivity contribution is -0.142. The minimum absolute atomic E-state index is 0.0631. The van der Waals surface area contributed by atoms with Crippen molar-refractivity contribution in [3.8, 4) is 0 Å². The molecule has 130 valence electrons. The number of hydrogen-bond donors (Lipinski definition) is 2. The molecule has 0 spiro atoms. The molecule has 1 aromatic carbocycles. The summed E-state index contributed by atoms with van der Waals surface area (Å²) in [6.45, 7) is 3.68. The van der Waals surface area contributed by atoms with E-state index in [1.165, 1.54) is 11.1 Å². The number of rotatable bonds is 4. The number of benzene rings is 1. The molecule has 2 N–H and O–H groups in total. The molecule has 1 fully saturated rings. The summed E-state index contributed by atoms with van der Waals surface area (Å²) >= 11 is 0. The average Bonchev–Trinajstić information content (AvgIpc) is 2.61. The van der Waals surface area contributed by atoms with Crippen molar-refractivity contribution in [2.45, 2.75) is 57.7 Å². The second-order valence-electron chi connectivity index (χ2n) is 7.06. The quantitative estimate of drug-likeness (QED) is 0.888. The van der Waals surface area contributed by atoms with Crippen molar-refractivity contribution in [3.05, 3.63) is 35.4 Å². The highest BCUT2D eigenvalue weighted by atomic mass is 16.4. The summed E-state index contributed by atoms with van der Waals surface area (Å²) in [5.41, 5.74) is 2.69. The van der Waals surface area contributed by atoms with Gasteiger partial charge in [0.2, 0.25) is 5.91 Å². The number of nitrogens with zero attached hydrogens (tertiary/aromatic N) is 1. The van der Waals surface area contributed by atoms with Crippen LogP contribution >= 0.6 is 0 Å². The maximum absolute atomic E-state index is 12.6. The van der Waals surface area contributed by atoms with Gasteiger partial charge in [0, 0.05) is 19.1 Å². The fourth-order valence-electron chi connectivity index (χ4n) is 3.82. The van der Waals surface area contributed by atoms with Gasteiger partial charge >= 0.3 is 5.97 Å². The van der Waals surface area contributed by atoms with E-state index in [9.17, 15) is 9.59 Å². The number of nitrogens with one attached hydrogen (secondary N) is 1. The van der Waals surface area contributed by atoms with Gasteiger partial charge in [-0.15, -0.1) is 0 Å². The maximum Gasteiger partial charge on any atom is 0.306 e. The number of carbonyl (C=O) groups excluding carboxylic acids is 1. The van der Waals surface area contributed by atoms with Gasteiger partial charge in [-0.05, 0) is 50.2 Å². The highest BCUT2D eigenvalue weighted by molar-refractivity contribution is 5.81. The molecule has 0 bridgehead atoms. The number of carboxylic acid groups (broad SMARTS) is 1. The summed E-state index contributed by atoms with van der Waals surface area (Å²) < 4.78 is 0. The van der Waals surface area contributed by atoms with Crippen LogP contribution in [0.15, 0.2) is 24.3 Å². The lowest BCUT2D eigenvalue weighted by atomic mass is 9.86. The van der Waals surface area contributed by atoms with E-state index in [0.29, 0.717) is 12.8 Å². The molecule has 0 aromatic heterocycles. The Bertz CT molecular complexity index is 608. The molecule has 1 atom stereocenters. The van der Waals surface area contributed by atoms with Crippen LogP contribution in [-0.4, -0.2) is 40.5 Å². The molecular weight excluding hydrogens is 304 g/mol. The van der Waals surface area contributed by atoms with Gasteiger partial charge < -0.3 is 10.4 Å². The van der Waals surface area contributed by atoms with Crippen molar-refractivity contribution in [1.82, 2.24) is 10.2 Å². The number of fused-ring (bicyclic) bond motifs is 1. The molecule has 1 saturated carbocycles. The fraction of sp³-hybridized carbons (Fsp3) is 0.579. The van der Waals surface area contributed by atoms with Crippen LogP contribution in [0.25, 0.3) is 0 Å². The molecule has 1 aliphatic heterocycles. The SMILES string of the molecule is CC(C(=O)NC1CCC(C(=O)O)CC1)N1CCc2ccccc2C1. The van der Waals surface area contributed by atoms with Gasteiger partial charge in [0.25, 0.3) is 0 Å². The molecule has 5 heteroatoms. The summed E-state index contributed by atoms with van der Waals surface area (Å²) in [4.78, 5) is 25.8. The molecule has 5 nitrogen and oxygen atoms in total. The smallest absolute Gasteiger partial charge is 0.306 e. The van der Waals surface area contributed by atoms with Crippen LogP contribution in [0.1, 0.15) is 43.7 Å². The molecular formula is C19H26N2O3. The van der Waals surface area contributed by atoms with E-state index in [4.69, 9.17) is 5.11 Å². The topological polar surface area (TPSA) is 69.6 Å². The van der Waals surface area contributed by atoms with Gasteiger partial charge in [0.05, 0.1) is 12.0 Å². The van der Waals surface area contributed by atoms with Crippen molar-refractivity contribution >= 4 is 11.9 Å². The van der Waals surface area contributed by atoms with Gasteiger partial charge in [-0.3, -0.25) is 14.5 Å². The zero-order valence-corrected chi connectivity index (χ0v) is 14.2. The van der Waals surface area contributed by atoms with E-state index < -0.39 is 5.97 Å². The van der Waals surface area contributed by atoms with Gasteiger partial charge in [-0.25, -0.2) is 0 Å². The number of amides is 1. The number of hydrogen-bond acceptors (Lipinski definition) is 3. The van der Waals surface area contributed by atoms with E-state index in [-0.39, 0.29) is 23.9 Å². The van der Waals surface area contributed by atoms with Crippen LogP contribution in [0.4, 0.5) is 0 Å². The van der Waals surface area contributed by atoms with Crippen LogP contribution in [0.5, 0.6) is 0 Å². The fourth-order valence-corrected chi connectivity index (χ4v) is 3.82. The van der Waals surface area contributed by atoms with Crippen LogP contribution in [0, 0.1) is 5.92 Å². The first-order chi connectivity index (χ1) is 11.5. The second-order valence-corrected chi connectivity index (χ2v) is 7.06.